The van der Waals surface area contributed by atoms with Gasteiger partial charge in [0.1, 0.15) is 0 Å². The van der Waals surface area contributed by atoms with E-state index in [1.807, 2.05) is 19.2 Å². The number of hydrogen-bond acceptors (Lipinski definition) is 3. The molecule has 0 fully saturated rings. The molecule has 1 aromatic carbocycles. The highest BCUT2D eigenvalue weighted by Crippen LogP contribution is 2.27. The first kappa shape index (κ1) is 13.6. The zero-order chi connectivity index (χ0) is 14.0. The van der Waals surface area contributed by atoms with Crippen LogP contribution < -0.4 is 4.90 Å². The highest BCUT2D eigenvalue weighted by molar-refractivity contribution is 5.99. The number of aliphatic carboxylic acids is 1. The number of carboxylic acids is 1. The summed E-state index contributed by atoms with van der Waals surface area (Å²) in [5.41, 5.74) is 2.98. The smallest absolute Gasteiger partial charge is 0.304 e. The maximum Gasteiger partial charge on any atom is 0.304 e. The normalized spacial score (nSPS) is 15.8. The summed E-state index contributed by atoms with van der Waals surface area (Å²) in [6.07, 6.45) is 1.95. The number of aryl methyl sites for hydroxylation is 1. The third kappa shape index (κ3) is 2.95. The van der Waals surface area contributed by atoms with Crippen molar-refractivity contribution in [3.8, 4) is 0 Å². The number of rotatable bonds is 4. The molecule has 4 heteroatoms. The summed E-state index contributed by atoms with van der Waals surface area (Å²) < 4.78 is 0. The van der Waals surface area contributed by atoms with Crippen molar-refractivity contribution in [2.45, 2.75) is 26.2 Å². The van der Waals surface area contributed by atoms with E-state index in [-0.39, 0.29) is 12.2 Å². The maximum atomic E-state index is 12.2. The summed E-state index contributed by atoms with van der Waals surface area (Å²) in [6.45, 7) is 2.71. The average molecular weight is 261 g/mol. The second kappa shape index (κ2) is 5.43. The number of carbonyl (C=O) groups is 2. The van der Waals surface area contributed by atoms with Crippen LogP contribution in [0.25, 0.3) is 0 Å². The Kier molecular flexibility index (Phi) is 3.88. The van der Waals surface area contributed by atoms with Gasteiger partial charge in [-0.15, -0.1) is 0 Å². The Hall–Kier alpha value is -1.84. The summed E-state index contributed by atoms with van der Waals surface area (Å²) in [6, 6.07) is 5.70. The Morgan fingerprint density at radius 1 is 1.42 bits per heavy atom. The summed E-state index contributed by atoms with van der Waals surface area (Å²) in [4.78, 5) is 25.0. The summed E-state index contributed by atoms with van der Waals surface area (Å²) >= 11 is 0. The highest BCUT2D eigenvalue weighted by atomic mass is 16.4. The molecular weight excluding hydrogens is 242 g/mol. The van der Waals surface area contributed by atoms with Gasteiger partial charge in [-0.05, 0) is 36.6 Å². The fraction of sp³-hybridized carbons (Fsp3) is 0.467. The quantitative estimate of drug-likeness (QED) is 0.845. The predicted molar refractivity (Wildman–Crippen MR) is 73.8 cm³/mol. The van der Waals surface area contributed by atoms with Crippen molar-refractivity contribution >= 4 is 17.4 Å². The van der Waals surface area contributed by atoms with Crippen LogP contribution in [0, 0.1) is 5.92 Å². The van der Waals surface area contributed by atoms with Gasteiger partial charge in [0.05, 0.1) is 6.42 Å². The second-order valence-electron chi connectivity index (χ2n) is 5.23. The first-order valence-corrected chi connectivity index (χ1v) is 6.59. The van der Waals surface area contributed by atoms with E-state index in [1.54, 1.807) is 13.0 Å². The van der Waals surface area contributed by atoms with Crippen LogP contribution in [-0.4, -0.2) is 30.5 Å². The molecule has 0 aliphatic carbocycles. The molecule has 1 N–H and O–H groups in total. The molecule has 1 unspecified atom stereocenters. The highest BCUT2D eigenvalue weighted by Gasteiger charge is 2.20. The van der Waals surface area contributed by atoms with Crippen LogP contribution in [0.4, 0.5) is 5.69 Å². The molecule has 0 amide bonds. The fourth-order valence-electron chi connectivity index (χ4n) is 2.58. The summed E-state index contributed by atoms with van der Waals surface area (Å²) in [5.74, 6) is -1.49. The molecule has 1 aromatic rings. The molecular formula is C15H19NO3. The van der Waals surface area contributed by atoms with Crippen LogP contribution in [0.5, 0.6) is 0 Å². The molecule has 1 aliphatic heterocycles. The van der Waals surface area contributed by atoms with Gasteiger partial charge in [-0.1, -0.05) is 6.92 Å². The fourth-order valence-corrected chi connectivity index (χ4v) is 2.58. The maximum absolute atomic E-state index is 12.2. The summed E-state index contributed by atoms with van der Waals surface area (Å²) in [5, 5.41) is 8.75. The molecule has 1 aliphatic rings. The van der Waals surface area contributed by atoms with Gasteiger partial charge in [-0.2, -0.15) is 0 Å². The van der Waals surface area contributed by atoms with Crippen LogP contribution in [0.2, 0.25) is 0 Å². The van der Waals surface area contributed by atoms with Crippen molar-refractivity contribution in [2.75, 3.05) is 18.5 Å². The van der Waals surface area contributed by atoms with Crippen molar-refractivity contribution in [1.29, 1.82) is 0 Å². The number of benzene rings is 1. The monoisotopic (exact) mass is 261 g/mol. The van der Waals surface area contributed by atoms with E-state index < -0.39 is 11.9 Å². The van der Waals surface area contributed by atoms with Crippen LogP contribution in [0.1, 0.15) is 35.7 Å². The van der Waals surface area contributed by atoms with E-state index in [0.29, 0.717) is 5.56 Å². The number of nitrogens with zero attached hydrogens (tertiary/aromatic N) is 1. The Morgan fingerprint density at radius 2 is 2.16 bits per heavy atom. The summed E-state index contributed by atoms with van der Waals surface area (Å²) in [7, 11) is 2.05. The standard InChI is InChI=1S/C15H19NO3/c1-10(8-14(17)18)15(19)12-5-6-13-11(9-12)4-3-7-16(13)2/h5-6,9-10H,3-4,7-8H2,1-2H3,(H,17,18). The minimum Gasteiger partial charge on any atom is -0.481 e. The molecule has 0 saturated heterocycles. The van der Waals surface area contributed by atoms with E-state index in [0.717, 1.165) is 19.4 Å². The predicted octanol–water partition coefficient (Wildman–Crippen LogP) is 2.36. The van der Waals surface area contributed by atoms with Gasteiger partial charge in [0, 0.05) is 30.8 Å². The van der Waals surface area contributed by atoms with Crippen LogP contribution in [-0.2, 0) is 11.2 Å². The minimum absolute atomic E-state index is 0.0848. The molecule has 1 atom stereocenters. The first-order chi connectivity index (χ1) is 8.99. The van der Waals surface area contributed by atoms with Crippen LogP contribution >= 0.6 is 0 Å². The number of carbonyl (C=O) groups excluding carboxylic acids is 1. The van der Waals surface area contributed by atoms with Crippen molar-refractivity contribution < 1.29 is 14.7 Å². The van der Waals surface area contributed by atoms with Gasteiger partial charge >= 0.3 is 5.97 Å². The van der Waals surface area contributed by atoms with Crippen molar-refractivity contribution in [3.05, 3.63) is 29.3 Å². The van der Waals surface area contributed by atoms with E-state index in [9.17, 15) is 9.59 Å². The molecule has 102 valence electrons. The molecule has 4 nitrogen and oxygen atoms in total. The number of Topliss-reactive ketones (excluding diaryl/α,β-unsaturated/α-hetero) is 1. The van der Waals surface area contributed by atoms with Crippen molar-refractivity contribution in [2.24, 2.45) is 5.92 Å². The van der Waals surface area contributed by atoms with Gasteiger partial charge in [0.25, 0.3) is 0 Å². The minimum atomic E-state index is -0.932. The molecule has 0 radical (unpaired) electrons. The Morgan fingerprint density at radius 3 is 2.84 bits per heavy atom. The van der Waals surface area contributed by atoms with Gasteiger partial charge in [0.2, 0.25) is 0 Å². The van der Waals surface area contributed by atoms with E-state index in [1.165, 1.54) is 11.3 Å². The van der Waals surface area contributed by atoms with E-state index in [4.69, 9.17) is 5.11 Å². The number of fused-ring (bicyclic) bond motifs is 1. The lowest BCUT2D eigenvalue weighted by atomic mass is 9.92. The molecule has 2 rings (SSSR count). The zero-order valence-electron chi connectivity index (χ0n) is 11.3. The number of hydrogen-bond donors (Lipinski definition) is 1. The molecule has 0 spiro atoms. The van der Waals surface area contributed by atoms with Crippen LogP contribution in [0.3, 0.4) is 0 Å². The third-order valence-corrected chi connectivity index (χ3v) is 3.64. The lowest BCUT2D eigenvalue weighted by Crippen LogP contribution is -2.25. The molecule has 0 bridgehead atoms. The molecule has 19 heavy (non-hydrogen) atoms. The lowest BCUT2D eigenvalue weighted by molar-refractivity contribution is -0.137. The number of ketones is 1. The lowest BCUT2D eigenvalue weighted by Gasteiger charge is -2.27. The van der Waals surface area contributed by atoms with Crippen molar-refractivity contribution in [1.82, 2.24) is 0 Å². The topological polar surface area (TPSA) is 57.6 Å². The Labute approximate surface area is 113 Å². The van der Waals surface area contributed by atoms with E-state index in [2.05, 4.69) is 4.90 Å². The Balaban J connectivity index is 2.22. The van der Waals surface area contributed by atoms with Gasteiger partial charge in [-0.25, -0.2) is 0 Å². The largest absolute Gasteiger partial charge is 0.481 e. The van der Waals surface area contributed by atoms with Crippen molar-refractivity contribution in [3.63, 3.8) is 0 Å². The number of carboxylic acid groups (broad SMARTS) is 1. The third-order valence-electron chi connectivity index (χ3n) is 3.64. The average Bonchev–Trinajstić information content (AvgIpc) is 2.37. The zero-order valence-corrected chi connectivity index (χ0v) is 11.3. The molecule has 1 heterocycles. The van der Waals surface area contributed by atoms with Gasteiger partial charge in [-0.3, -0.25) is 9.59 Å². The SMILES string of the molecule is CC(CC(=O)O)C(=O)c1ccc2c(c1)CCCN2C. The first-order valence-electron chi connectivity index (χ1n) is 6.59. The number of anilines is 1. The van der Waals surface area contributed by atoms with Gasteiger partial charge in [0.15, 0.2) is 5.78 Å². The molecule has 0 aromatic heterocycles. The molecule has 0 saturated carbocycles. The second-order valence-corrected chi connectivity index (χ2v) is 5.23. The van der Waals surface area contributed by atoms with Gasteiger partial charge < -0.3 is 10.0 Å². The van der Waals surface area contributed by atoms with E-state index >= 15 is 0 Å². The Bertz CT molecular complexity index is 510. The van der Waals surface area contributed by atoms with Crippen LogP contribution in [0.15, 0.2) is 18.2 Å².